The van der Waals surface area contributed by atoms with Crippen LogP contribution in [0.5, 0.6) is 0 Å². The van der Waals surface area contributed by atoms with Gasteiger partial charge in [-0.25, -0.2) is 4.79 Å². The highest BCUT2D eigenvalue weighted by atomic mass is 28.4. The molecule has 0 spiro atoms. The number of ether oxygens (including phenoxy) is 1. The Morgan fingerprint density at radius 1 is 0.900 bits per heavy atom. The SMILES string of the molecule is CCOC(=O)C(=O)C1=C(O[Si](c2ccccc2)(c2ccccc2)C(C)(C)C)CCC1. The first-order chi connectivity index (χ1) is 14.3. The van der Waals surface area contributed by atoms with Crippen LogP contribution in [0.25, 0.3) is 0 Å². The molecule has 0 bridgehead atoms. The van der Waals surface area contributed by atoms with Crippen molar-refractivity contribution >= 4 is 30.4 Å². The number of ketones is 1. The van der Waals surface area contributed by atoms with Crippen molar-refractivity contribution in [1.29, 1.82) is 0 Å². The summed E-state index contributed by atoms with van der Waals surface area (Å²) >= 11 is 0. The molecule has 4 nitrogen and oxygen atoms in total. The van der Waals surface area contributed by atoms with E-state index in [2.05, 4.69) is 45.0 Å². The zero-order valence-corrected chi connectivity index (χ0v) is 19.2. The fourth-order valence-electron chi connectivity index (χ4n) is 4.22. The fourth-order valence-corrected chi connectivity index (χ4v) is 8.75. The number of hydrogen-bond acceptors (Lipinski definition) is 4. The molecule has 0 saturated carbocycles. The van der Waals surface area contributed by atoms with Gasteiger partial charge in [0.05, 0.1) is 12.4 Å². The van der Waals surface area contributed by atoms with E-state index >= 15 is 0 Å². The molecule has 30 heavy (non-hydrogen) atoms. The van der Waals surface area contributed by atoms with Gasteiger partial charge in [-0.2, -0.15) is 0 Å². The number of carbonyl (C=O) groups excluding carboxylic acids is 2. The Bertz CT molecular complexity index is 887. The molecule has 0 aromatic heterocycles. The van der Waals surface area contributed by atoms with Crippen LogP contribution in [0.3, 0.4) is 0 Å². The van der Waals surface area contributed by atoms with Gasteiger partial charge in [-0.05, 0) is 35.2 Å². The number of allylic oxidation sites excluding steroid dienone is 1. The molecule has 158 valence electrons. The van der Waals surface area contributed by atoms with Gasteiger partial charge in [0, 0.05) is 12.0 Å². The summed E-state index contributed by atoms with van der Waals surface area (Å²) < 4.78 is 12.0. The molecule has 3 rings (SSSR count). The Morgan fingerprint density at radius 2 is 1.43 bits per heavy atom. The van der Waals surface area contributed by atoms with Gasteiger partial charge in [-0.3, -0.25) is 4.79 Å². The third-order valence-corrected chi connectivity index (χ3v) is 10.6. The van der Waals surface area contributed by atoms with Crippen molar-refractivity contribution in [2.45, 2.75) is 52.0 Å². The molecule has 0 radical (unpaired) electrons. The number of carbonyl (C=O) groups is 2. The van der Waals surface area contributed by atoms with E-state index < -0.39 is 20.1 Å². The normalized spacial score (nSPS) is 14.5. The average molecular weight is 423 g/mol. The number of Topliss-reactive ketones (excluding diaryl/α,β-unsaturated/α-hetero) is 1. The van der Waals surface area contributed by atoms with Gasteiger partial charge in [-0.1, -0.05) is 81.4 Å². The van der Waals surface area contributed by atoms with Crippen LogP contribution in [0.1, 0.15) is 47.0 Å². The van der Waals surface area contributed by atoms with Crippen molar-refractivity contribution in [2.24, 2.45) is 0 Å². The predicted octanol–water partition coefficient (Wildman–Crippen LogP) is 4.13. The maximum absolute atomic E-state index is 12.8. The summed E-state index contributed by atoms with van der Waals surface area (Å²) in [6, 6.07) is 20.6. The summed E-state index contributed by atoms with van der Waals surface area (Å²) in [5.41, 5.74) is 0.474. The molecular weight excluding hydrogens is 392 g/mol. The minimum absolute atomic E-state index is 0.183. The largest absolute Gasteiger partial charge is 0.537 e. The number of rotatable bonds is 7. The van der Waals surface area contributed by atoms with Crippen molar-refractivity contribution in [3.05, 3.63) is 72.0 Å². The predicted molar refractivity (Wildman–Crippen MR) is 121 cm³/mol. The summed E-state index contributed by atoms with van der Waals surface area (Å²) in [5.74, 6) is -0.706. The van der Waals surface area contributed by atoms with Crippen LogP contribution >= 0.6 is 0 Å². The maximum atomic E-state index is 12.8. The molecule has 0 saturated heterocycles. The minimum Gasteiger partial charge on any atom is -0.537 e. The summed E-state index contributed by atoms with van der Waals surface area (Å²) in [4.78, 5) is 24.9. The smallest absolute Gasteiger partial charge is 0.379 e. The molecule has 2 aromatic rings. The Balaban J connectivity index is 2.17. The Hall–Kier alpha value is -2.66. The molecule has 0 amide bonds. The lowest BCUT2D eigenvalue weighted by atomic mass is 10.1. The van der Waals surface area contributed by atoms with Crippen LogP contribution in [0, 0.1) is 0 Å². The summed E-state index contributed by atoms with van der Waals surface area (Å²) in [5, 5.41) is 2.08. The third kappa shape index (κ3) is 4.12. The second-order valence-electron chi connectivity index (χ2n) is 8.57. The first-order valence-corrected chi connectivity index (χ1v) is 12.5. The molecule has 1 aliphatic rings. The van der Waals surface area contributed by atoms with Gasteiger partial charge < -0.3 is 9.16 Å². The molecule has 5 heteroatoms. The van der Waals surface area contributed by atoms with Crippen molar-refractivity contribution in [1.82, 2.24) is 0 Å². The van der Waals surface area contributed by atoms with Crippen LogP contribution in [0.15, 0.2) is 72.0 Å². The monoisotopic (exact) mass is 422 g/mol. The summed E-state index contributed by atoms with van der Waals surface area (Å²) in [6.07, 6.45) is 2.00. The van der Waals surface area contributed by atoms with E-state index in [-0.39, 0.29) is 11.6 Å². The van der Waals surface area contributed by atoms with Gasteiger partial charge in [0.15, 0.2) is 0 Å². The molecule has 0 N–H and O–H groups in total. The second kappa shape index (κ2) is 9.00. The molecular formula is C25H30O4Si. The van der Waals surface area contributed by atoms with Crippen LogP contribution in [-0.2, 0) is 18.8 Å². The van der Waals surface area contributed by atoms with Gasteiger partial charge in [0.2, 0.25) is 0 Å². The Labute approximate surface area is 180 Å². The van der Waals surface area contributed by atoms with E-state index in [0.717, 1.165) is 16.8 Å². The Kier molecular flexibility index (Phi) is 6.61. The first-order valence-electron chi connectivity index (χ1n) is 10.5. The molecule has 0 fully saturated rings. The standard InChI is InChI=1S/C25H30O4Si/c1-5-28-24(27)23(26)21-17-12-18-22(21)29-30(25(2,3)4,19-13-8-6-9-14-19)20-15-10-7-11-16-20/h6-11,13-16H,5,12,17-18H2,1-4H3. The lowest BCUT2D eigenvalue weighted by Gasteiger charge is -2.43. The first kappa shape index (κ1) is 22.0. The van der Waals surface area contributed by atoms with Crippen LogP contribution in [0.4, 0.5) is 0 Å². The minimum atomic E-state index is -2.82. The van der Waals surface area contributed by atoms with Gasteiger partial charge >= 0.3 is 14.3 Å². The quantitative estimate of drug-likeness (QED) is 0.382. The lowest BCUT2D eigenvalue weighted by Crippen LogP contribution is -2.66. The number of esters is 1. The van der Waals surface area contributed by atoms with E-state index in [1.54, 1.807) is 6.92 Å². The highest BCUT2D eigenvalue weighted by molar-refractivity contribution is 6.99. The van der Waals surface area contributed by atoms with Crippen LogP contribution < -0.4 is 10.4 Å². The number of benzene rings is 2. The highest BCUT2D eigenvalue weighted by Crippen LogP contribution is 2.41. The van der Waals surface area contributed by atoms with Crippen molar-refractivity contribution < 1.29 is 18.8 Å². The van der Waals surface area contributed by atoms with Gasteiger partial charge in [-0.15, -0.1) is 0 Å². The Morgan fingerprint density at radius 3 is 1.90 bits per heavy atom. The van der Waals surface area contributed by atoms with E-state index in [4.69, 9.17) is 9.16 Å². The lowest BCUT2D eigenvalue weighted by molar-refractivity contribution is -0.151. The molecule has 0 unspecified atom stereocenters. The molecule has 2 aromatic carbocycles. The van der Waals surface area contributed by atoms with Crippen molar-refractivity contribution in [3.63, 3.8) is 0 Å². The maximum Gasteiger partial charge on any atom is 0.379 e. The fraction of sp³-hybridized carbons (Fsp3) is 0.360. The van der Waals surface area contributed by atoms with E-state index in [0.29, 0.717) is 24.2 Å². The topological polar surface area (TPSA) is 52.6 Å². The van der Waals surface area contributed by atoms with Crippen LogP contribution in [-0.4, -0.2) is 26.7 Å². The zero-order valence-electron chi connectivity index (χ0n) is 18.2. The molecule has 0 aliphatic heterocycles. The molecule has 1 aliphatic carbocycles. The van der Waals surface area contributed by atoms with Gasteiger partial charge in [0.25, 0.3) is 5.78 Å². The van der Waals surface area contributed by atoms with Crippen LogP contribution in [0.2, 0.25) is 5.04 Å². The average Bonchev–Trinajstić information content (AvgIpc) is 3.20. The second-order valence-corrected chi connectivity index (χ2v) is 12.8. The molecule has 0 atom stereocenters. The van der Waals surface area contributed by atoms with Crippen molar-refractivity contribution in [3.8, 4) is 0 Å². The third-order valence-electron chi connectivity index (χ3n) is 5.60. The van der Waals surface area contributed by atoms with E-state index in [9.17, 15) is 9.59 Å². The van der Waals surface area contributed by atoms with Crippen molar-refractivity contribution in [2.75, 3.05) is 6.61 Å². The summed E-state index contributed by atoms with van der Waals surface area (Å²) in [6.45, 7) is 8.47. The zero-order chi connectivity index (χ0) is 21.8. The molecule has 0 heterocycles. The van der Waals surface area contributed by atoms with Gasteiger partial charge in [0.1, 0.15) is 0 Å². The van der Waals surface area contributed by atoms with E-state index in [1.807, 2.05) is 36.4 Å². The van der Waals surface area contributed by atoms with E-state index in [1.165, 1.54) is 0 Å². The number of hydrogen-bond donors (Lipinski definition) is 0. The highest BCUT2D eigenvalue weighted by Gasteiger charge is 2.53. The summed E-state index contributed by atoms with van der Waals surface area (Å²) in [7, 11) is -2.82.